The van der Waals surface area contributed by atoms with Gasteiger partial charge in [0.15, 0.2) is 0 Å². The van der Waals surface area contributed by atoms with E-state index in [1.165, 1.54) is 0 Å². The Hall–Kier alpha value is -1.34. The van der Waals surface area contributed by atoms with Crippen LogP contribution in [-0.4, -0.2) is 34.1 Å². The highest BCUT2D eigenvalue weighted by Gasteiger charge is 2.18. The molecule has 0 saturated carbocycles. The zero-order valence-corrected chi connectivity index (χ0v) is 9.76. The van der Waals surface area contributed by atoms with Crippen molar-refractivity contribution >= 4 is 0 Å². The van der Waals surface area contributed by atoms with Gasteiger partial charge in [0.1, 0.15) is 5.82 Å². The average Bonchev–Trinajstić information content (AvgIpc) is 2.72. The SMILES string of the molecule is Cc1nccn1CCN1CCCC(C#N)C1. The maximum Gasteiger partial charge on any atom is 0.105 e. The van der Waals surface area contributed by atoms with E-state index in [2.05, 4.69) is 20.5 Å². The largest absolute Gasteiger partial charge is 0.334 e. The topological polar surface area (TPSA) is 44.9 Å². The Morgan fingerprint density at radius 1 is 1.56 bits per heavy atom. The van der Waals surface area contributed by atoms with Crippen LogP contribution in [0.25, 0.3) is 0 Å². The van der Waals surface area contributed by atoms with Gasteiger partial charge < -0.3 is 9.47 Å². The lowest BCUT2D eigenvalue weighted by Gasteiger charge is -2.29. The molecule has 4 heteroatoms. The van der Waals surface area contributed by atoms with Crippen molar-refractivity contribution in [3.8, 4) is 6.07 Å². The molecular formula is C12H18N4. The molecule has 4 nitrogen and oxygen atoms in total. The first-order chi connectivity index (χ1) is 7.79. The number of piperidine rings is 1. The average molecular weight is 218 g/mol. The summed E-state index contributed by atoms with van der Waals surface area (Å²) < 4.78 is 2.16. The van der Waals surface area contributed by atoms with Gasteiger partial charge in [-0.25, -0.2) is 4.98 Å². The minimum Gasteiger partial charge on any atom is -0.334 e. The minimum atomic E-state index is 0.234. The fraction of sp³-hybridized carbons (Fsp3) is 0.667. The van der Waals surface area contributed by atoms with Crippen molar-refractivity contribution in [2.75, 3.05) is 19.6 Å². The van der Waals surface area contributed by atoms with Gasteiger partial charge in [0.05, 0.1) is 12.0 Å². The Bertz CT molecular complexity index is 377. The lowest BCUT2D eigenvalue weighted by atomic mass is 10.00. The van der Waals surface area contributed by atoms with E-state index >= 15 is 0 Å². The minimum absolute atomic E-state index is 0.234. The van der Waals surface area contributed by atoms with Crippen LogP contribution in [0.1, 0.15) is 18.7 Å². The van der Waals surface area contributed by atoms with E-state index in [1.807, 2.05) is 19.3 Å². The van der Waals surface area contributed by atoms with E-state index in [9.17, 15) is 0 Å². The van der Waals surface area contributed by atoms with Crippen LogP contribution in [0, 0.1) is 24.2 Å². The van der Waals surface area contributed by atoms with Crippen molar-refractivity contribution < 1.29 is 0 Å². The van der Waals surface area contributed by atoms with Gasteiger partial charge in [0, 0.05) is 32.0 Å². The number of hydrogen-bond acceptors (Lipinski definition) is 3. The normalized spacial score (nSPS) is 21.9. The quantitative estimate of drug-likeness (QED) is 0.771. The number of nitriles is 1. The Labute approximate surface area is 96.5 Å². The van der Waals surface area contributed by atoms with Crippen molar-refractivity contribution in [3.05, 3.63) is 18.2 Å². The van der Waals surface area contributed by atoms with E-state index in [0.717, 1.165) is 44.8 Å². The zero-order valence-electron chi connectivity index (χ0n) is 9.76. The second-order valence-corrected chi connectivity index (χ2v) is 4.44. The zero-order chi connectivity index (χ0) is 11.4. The summed E-state index contributed by atoms with van der Waals surface area (Å²) in [4.78, 5) is 6.59. The molecule has 0 amide bonds. The highest BCUT2D eigenvalue weighted by atomic mass is 15.2. The van der Waals surface area contributed by atoms with Gasteiger partial charge in [-0.3, -0.25) is 0 Å². The van der Waals surface area contributed by atoms with Gasteiger partial charge in [0.2, 0.25) is 0 Å². The number of likely N-dealkylation sites (tertiary alicyclic amines) is 1. The van der Waals surface area contributed by atoms with Gasteiger partial charge in [-0.05, 0) is 26.3 Å². The smallest absolute Gasteiger partial charge is 0.105 e. The molecule has 1 saturated heterocycles. The number of imidazole rings is 1. The molecule has 1 aliphatic rings. The summed E-state index contributed by atoms with van der Waals surface area (Å²) in [6, 6.07) is 2.38. The highest BCUT2D eigenvalue weighted by Crippen LogP contribution is 2.15. The standard InChI is InChI=1S/C12H18N4/c1-11-14-4-6-16(11)8-7-15-5-2-3-12(9-13)10-15/h4,6,12H,2-3,5,7-8,10H2,1H3. The summed E-state index contributed by atoms with van der Waals surface area (Å²) in [5.74, 6) is 1.30. The van der Waals surface area contributed by atoms with Crippen LogP contribution in [-0.2, 0) is 6.54 Å². The second-order valence-electron chi connectivity index (χ2n) is 4.44. The van der Waals surface area contributed by atoms with Gasteiger partial charge in [0.25, 0.3) is 0 Å². The molecule has 0 aromatic carbocycles. The third-order valence-electron chi connectivity index (χ3n) is 3.27. The Morgan fingerprint density at radius 3 is 3.12 bits per heavy atom. The summed E-state index contributed by atoms with van der Waals surface area (Å²) in [5, 5.41) is 8.91. The van der Waals surface area contributed by atoms with Crippen LogP contribution in [0.4, 0.5) is 0 Å². The van der Waals surface area contributed by atoms with Crippen LogP contribution < -0.4 is 0 Å². The van der Waals surface area contributed by atoms with Crippen LogP contribution >= 0.6 is 0 Å². The number of nitrogens with zero attached hydrogens (tertiary/aromatic N) is 4. The Kier molecular flexibility index (Phi) is 3.58. The summed E-state index contributed by atoms with van der Waals surface area (Å²) >= 11 is 0. The van der Waals surface area contributed by atoms with Gasteiger partial charge in [-0.1, -0.05) is 0 Å². The molecule has 1 fully saturated rings. The molecule has 1 aliphatic heterocycles. The third-order valence-corrected chi connectivity index (χ3v) is 3.27. The second kappa shape index (κ2) is 5.13. The van der Waals surface area contributed by atoms with Crippen molar-refractivity contribution in [2.24, 2.45) is 5.92 Å². The molecule has 0 N–H and O–H groups in total. The summed E-state index contributed by atoms with van der Waals surface area (Å²) in [7, 11) is 0. The van der Waals surface area contributed by atoms with Gasteiger partial charge in [-0.2, -0.15) is 5.26 Å². The van der Waals surface area contributed by atoms with Crippen molar-refractivity contribution in [2.45, 2.75) is 26.3 Å². The Balaban J connectivity index is 1.82. The molecule has 2 rings (SSSR count). The van der Waals surface area contributed by atoms with E-state index < -0.39 is 0 Å². The molecule has 1 aromatic heterocycles. The molecule has 1 unspecified atom stereocenters. The van der Waals surface area contributed by atoms with Gasteiger partial charge >= 0.3 is 0 Å². The third kappa shape index (κ3) is 2.61. The molecule has 86 valence electrons. The first-order valence-electron chi connectivity index (χ1n) is 5.89. The first-order valence-corrected chi connectivity index (χ1v) is 5.89. The Morgan fingerprint density at radius 2 is 2.44 bits per heavy atom. The highest BCUT2D eigenvalue weighted by molar-refractivity contribution is 4.90. The lowest BCUT2D eigenvalue weighted by molar-refractivity contribution is 0.193. The predicted molar refractivity (Wildman–Crippen MR) is 61.7 cm³/mol. The molecule has 16 heavy (non-hydrogen) atoms. The molecule has 0 radical (unpaired) electrons. The molecule has 1 atom stereocenters. The number of hydrogen-bond donors (Lipinski definition) is 0. The predicted octanol–water partition coefficient (Wildman–Crippen LogP) is 1.43. The molecule has 0 spiro atoms. The fourth-order valence-corrected chi connectivity index (χ4v) is 2.25. The van der Waals surface area contributed by atoms with Crippen LogP contribution in [0.5, 0.6) is 0 Å². The summed E-state index contributed by atoms with van der Waals surface area (Å²) in [6.07, 6.45) is 6.07. The van der Waals surface area contributed by atoms with Gasteiger partial charge in [-0.15, -0.1) is 0 Å². The maximum absolute atomic E-state index is 8.91. The molecule has 0 bridgehead atoms. The van der Waals surface area contributed by atoms with E-state index in [-0.39, 0.29) is 5.92 Å². The number of aromatic nitrogens is 2. The van der Waals surface area contributed by atoms with Crippen molar-refractivity contribution in [1.29, 1.82) is 5.26 Å². The van der Waals surface area contributed by atoms with Crippen molar-refractivity contribution in [3.63, 3.8) is 0 Å². The summed E-state index contributed by atoms with van der Waals surface area (Å²) in [5.41, 5.74) is 0. The molecular weight excluding hydrogens is 200 g/mol. The van der Waals surface area contributed by atoms with Crippen molar-refractivity contribution in [1.82, 2.24) is 14.5 Å². The molecule has 0 aliphatic carbocycles. The molecule has 1 aromatic rings. The number of rotatable bonds is 3. The van der Waals surface area contributed by atoms with Crippen LogP contribution in [0.3, 0.4) is 0 Å². The van der Waals surface area contributed by atoms with E-state index in [1.54, 1.807) is 0 Å². The summed E-state index contributed by atoms with van der Waals surface area (Å²) in [6.45, 7) is 6.09. The first kappa shape index (κ1) is 11.2. The van der Waals surface area contributed by atoms with Crippen LogP contribution in [0.2, 0.25) is 0 Å². The maximum atomic E-state index is 8.91. The van der Waals surface area contributed by atoms with Crippen LogP contribution in [0.15, 0.2) is 12.4 Å². The number of aryl methyl sites for hydroxylation is 1. The monoisotopic (exact) mass is 218 g/mol. The molecule has 2 heterocycles. The fourth-order valence-electron chi connectivity index (χ4n) is 2.25. The lowest BCUT2D eigenvalue weighted by Crippen LogP contribution is -2.37. The van der Waals surface area contributed by atoms with E-state index in [4.69, 9.17) is 5.26 Å². The van der Waals surface area contributed by atoms with E-state index in [0.29, 0.717) is 0 Å².